The van der Waals surface area contributed by atoms with Crippen molar-refractivity contribution in [3.05, 3.63) is 27.8 Å². The summed E-state index contributed by atoms with van der Waals surface area (Å²) in [5.74, 6) is -1.09. The number of rotatable bonds is 3. The van der Waals surface area contributed by atoms with Crippen molar-refractivity contribution < 1.29 is 19.1 Å². The number of hydrogen-bond acceptors (Lipinski definition) is 6. The minimum Gasteiger partial charge on any atom is -0.448 e. The number of nitrogens with one attached hydrogen (secondary N) is 1. The van der Waals surface area contributed by atoms with Gasteiger partial charge in [0.25, 0.3) is 5.91 Å². The van der Waals surface area contributed by atoms with Gasteiger partial charge in [-0.25, -0.2) is 14.6 Å². The first-order valence-electron chi connectivity index (χ1n) is 7.97. The largest absolute Gasteiger partial charge is 0.448 e. The number of imide groups is 1. The number of aryl methyl sites for hydroxylation is 3. The van der Waals surface area contributed by atoms with Gasteiger partial charge < -0.3 is 10.1 Å². The standard InChI is InChI=1S/C17H19N3O4S/c1-8-7-9(2)19-14-12(8)10(3)13(25-14)16(22)24-11(4)15(21)20-6-5-18-17(20)23/h7,11H,5-6H2,1-4H3,(H,18,23)/t11-/m1/s1. The summed E-state index contributed by atoms with van der Waals surface area (Å²) in [6, 6.07) is 1.51. The van der Waals surface area contributed by atoms with Gasteiger partial charge in [0.15, 0.2) is 6.10 Å². The van der Waals surface area contributed by atoms with Crippen molar-refractivity contribution in [3.63, 3.8) is 0 Å². The Morgan fingerprint density at radius 3 is 2.72 bits per heavy atom. The molecule has 0 radical (unpaired) electrons. The van der Waals surface area contributed by atoms with Gasteiger partial charge >= 0.3 is 12.0 Å². The predicted octanol–water partition coefficient (Wildman–Crippen LogP) is 2.32. The maximum Gasteiger partial charge on any atom is 0.349 e. The summed E-state index contributed by atoms with van der Waals surface area (Å²) in [5.41, 5.74) is 2.73. The summed E-state index contributed by atoms with van der Waals surface area (Å²) < 4.78 is 5.31. The SMILES string of the molecule is Cc1cc(C)c2c(C)c(C(=O)O[C@H](C)C(=O)N3CCNC3=O)sc2n1. The smallest absolute Gasteiger partial charge is 0.349 e. The van der Waals surface area contributed by atoms with E-state index in [9.17, 15) is 14.4 Å². The van der Waals surface area contributed by atoms with Crippen LogP contribution in [0.3, 0.4) is 0 Å². The maximum absolute atomic E-state index is 12.5. The molecule has 8 heteroatoms. The summed E-state index contributed by atoms with van der Waals surface area (Å²) in [4.78, 5) is 43.1. The molecule has 1 N–H and O–H groups in total. The van der Waals surface area contributed by atoms with E-state index in [4.69, 9.17) is 4.74 Å². The number of ether oxygens (including phenoxy) is 1. The van der Waals surface area contributed by atoms with E-state index in [0.717, 1.165) is 31.9 Å². The lowest BCUT2D eigenvalue weighted by Gasteiger charge is -2.17. The molecule has 7 nitrogen and oxygen atoms in total. The number of carbonyl (C=O) groups excluding carboxylic acids is 3. The number of carbonyl (C=O) groups is 3. The average molecular weight is 361 g/mol. The number of fused-ring (bicyclic) bond motifs is 1. The molecule has 1 atom stereocenters. The predicted molar refractivity (Wildman–Crippen MR) is 93.8 cm³/mol. The number of hydrogen-bond donors (Lipinski definition) is 1. The zero-order chi connectivity index (χ0) is 18.3. The molecule has 0 unspecified atom stereocenters. The first-order chi connectivity index (χ1) is 11.8. The molecule has 0 bridgehead atoms. The Kier molecular flexibility index (Phi) is 4.47. The molecule has 3 heterocycles. The summed E-state index contributed by atoms with van der Waals surface area (Å²) in [6.45, 7) is 7.89. The number of thiophene rings is 1. The second kappa shape index (κ2) is 6.44. The van der Waals surface area contributed by atoms with Gasteiger partial charge in [-0.3, -0.25) is 9.69 Å². The van der Waals surface area contributed by atoms with Crippen molar-refractivity contribution in [1.82, 2.24) is 15.2 Å². The molecule has 25 heavy (non-hydrogen) atoms. The number of urea groups is 1. The molecular weight excluding hydrogens is 342 g/mol. The van der Waals surface area contributed by atoms with Crippen molar-refractivity contribution in [2.24, 2.45) is 0 Å². The van der Waals surface area contributed by atoms with Gasteiger partial charge in [-0.2, -0.15) is 0 Å². The molecule has 132 valence electrons. The number of amides is 3. The Hall–Kier alpha value is -2.48. The molecular formula is C17H19N3O4S. The summed E-state index contributed by atoms with van der Waals surface area (Å²) in [6.07, 6.45) is -1.03. The molecule has 0 aromatic carbocycles. The molecule has 1 fully saturated rings. The fourth-order valence-corrected chi connectivity index (χ4v) is 4.17. The Bertz CT molecular complexity index is 890. The summed E-state index contributed by atoms with van der Waals surface area (Å²) in [7, 11) is 0. The summed E-state index contributed by atoms with van der Waals surface area (Å²) in [5, 5.41) is 3.49. The molecule has 0 saturated carbocycles. The van der Waals surface area contributed by atoms with Gasteiger partial charge in [-0.15, -0.1) is 11.3 Å². The Balaban J connectivity index is 1.82. The van der Waals surface area contributed by atoms with Crippen LogP contribution in [0.2, 0.25) is 0 Å². The number of esters is 1. The monoisotopic (exact) mass is 361 g/mol. The highest BCUT2D eigenvalue weighted by molar-refractivity contribution is 7.20. The van der Waals surface area contributed by atoms with Crippen LogP contribution in [0.25, 0.3) is 10.2 Å². The Morgan fingerprint density at radius 1 is 1.36 bits per heavy atom. The van der Waals surface area contributed by atoms with Crippen LogP contribution in [-0.2, 0) is 9.53 Å². The Morgan fingerprint density at radius 2 is 2.08 bits per heavy atom. The van der Waals surface area contributed by atoms with E-state index in [1.807, 2.05) is 26.8 Å². The minimum atomic E-state index is -1.03. The lowest BCUT2D eigenvalue weighted by molar-refractivity contribution is -0.136. The topological polar surface area (TPSA) is 88.6 Å². The van der Waals surface area contributed by atoms with Gasteiger partial charge in [-0.05, 0) is 44.9 Å². The number of pyridine rings is 1. The molecule has 1 aliphatic heterocycles. The Labute approximate surface area is 149 Å². The number of aromatic nitrogens is 1. The normalized spacial score (nSPS) is 15.4. The molecule has 1 saturated heterocycles. The van der Waals surface area contributed by atoms with Gasteiger partial charge in [-0.1, -0.05) is 0 Å². The van der Waals surface area contributed by atoms with E-state index in [2.05, 4.69) is 10.3 Å². The molecule has 1 aliphatic rings. The molecule has 2 aromatic rings. The van der Waals surface area contributed by atoms with Gasteiger partial charge in [0.2, 0.25) is 0 Å². The van der Waals surface area contributed by atoms with Crippen LogP contribution in [0.1, 0.15) is 33.4 Å². The molecule has 0 aliphatic carbocycles. The highest BCUT2D eigenvalue weighted by Gasteiger charge is 2.32. The minimum absolute atomic E-state index is 0.282. The maximum atomic E-state index is 12.5. The zero-order valence-electron chi connectivity index (χ0n) is 14.5. The van der Waals surface area contributed by atoms with E-state index in [1.54, 1.807) is 0 Å². The van der Waals surface area contributed by atoms with E-state index >= 15 is 0 Å². The van der Waals surface area contributed by atoms with E-state index < -0.39 is 24.0 Å². The first kappa shape index (κ1) is 17.3. The third-order valence-electron chi connectivity index (χ3n) is 4.17. The highest BCUT2D eigenvalue weighted by atomic mass is 32.1. The quantitative estimate of drug-likeness (QED) is 0.848. The fourth-order valence-electron chi connectivity index (χ4n) is 2.98. The van der Waals surface area contributed by atoms with Crippen LogP contribution in [0, 0.1) is 20.8 Å². The average Bonchev–Trinajstić information content (AvgIpc) is 3.10. The van der Waals surface area contributed by atoms with Crippen molar-refractivity contribution in [2.45, 2.75) is 33.8 Å². The van der Waals surface area contributed by atoms with Crippen molar-refractivity contribution >= 4 is 39.5 Å². The van der Waals surface area contributed by atoms with E-state index in [-0.39, 0.29) is 6.54 Å². The zero-order valence-corrected chi connectivity index (χ0v) is 15.3. The van der Waals surface area contributed by atoms with E-state index in [1.165, 1.54) is 18.3 Å². The summed E-state index contributed by atoms with van der Waals surface area (Å²) >= 11 is 1.26. The van der Waals surface area contributed by atoms with Crippen LogP contribution in [0.15, 0.2) is 6.07 Å². The molecule has 3 rings (SSSR count). The fraction of sp³-hybridized carbons (Fsp3) is 0.412. The lowest BCUT2D eigenvalue weighted by atomic mass is 10.1. The lowest BCUT2D eigenvalue weighted by Crippen LogP contribution is -2.41. The van der Waals surface area contributed by atoms with Gasteiger partial charge in [0.1, 0.15) is 9.71 Å². The second-order valence-electron chi connectivity index (χ2n) is 6.09. The second-order valence-corrected chi connectivity index (χ2v) is 7.09. The van der Waals surface area contributed by atoms with Gasteiger partial charge in [0, 0.05) is 24.2 Å². The van der Waals surface area contributed by atoms with Crippen molar-refractivity contribution in [1.29, 1.82) is 0 Å². The van der Waals surface area contributed by atoms with Crippen LogP contribution >= 0.6 is 11.3 Å². The van der Waals surface area contributed by atoms with Crippen LogP contribution < -0.4 is 5.32 Å². The number of nitrogens with zero attached hydrogens (tertiary/aromatic N) is 2. The highest BCUT2D eigenvalue weighted by Crippen LogP contribution is 2.32. The first-order valence-corrected chi connectivity index (χ1v) is 8.78. The molecule has 2 aromatic heterocycles. The van der Waals surface area contributed by atoms with Crippen LogP contribution in [0.5, 0.6) is 0 Å². The molecule has 0 spiro atoms. The van der Waals surface area contributed by atoms with Crippen LogP contribution in [-0.4, -0.2) is 47.0 Å². The third kappa shape index (κ3) is 3.09. The van der Waals surface area contributed by atoms with Crippen molar-refractivity contribution in [3.8, 4) is 0 Å². The third-order valence-corrected chi connectivity index (χ3v) is 5.33. The van der Waals surface area contributed by atoms with Gasteiger partial charge in [0.05, 0.1) is 0 Å². The van der Waals surface area contributed by atoms with E-state index in [0.29, 0.717) is 11.4 Å². The van der Waals surface area contributed by atoms with Crippen molar-refractivity contribution in [2.75, 3.05) is 13.1 Å². The van der Waals surface area contributed by atoms with Crippen LogP contribution in [0.4, 0.5) is 4.79 Å². The molecule has 3 amide bonds.